The Balaban J connectivity index is 1.64. The maximum absolute atomic E-state index is 12.9. The summed E-state index contributed by atoms with van der Waals surface area (Å²) in [6, 6.07) is 15.1. The van der Waals surface area contributed by atoms with E-state index >= 15 is 0 Å². The van der Waals surface area contributed by atoms with E-state index in [0.29, 0.717) is 23.6 Å². The molecule has 3 rings (SSSR count). The highest BCUT2D eigenvalue weighted by Gasteiger charge is 2.22. The lowest BCUT2D eigenvalue weighted by molar-refractivity contribution is -0.122. The number of ether oxygens (including phenoxy) is 1. The topological polar surface area (TPSA) is 58.6 Å². The molecule has 0 aliphatic carbocycles. The molecule has 0 bridgehead atoms. The maximum Gasteiger partial charge on any atom is 0.265 e. The van der Waals surface area contributed by atoms with Crippen LogP contribution in [0.15, 0.2) is 48.5 Å². The average Bonchev–Trinajstić information content (AvgIpc) is 2.82. The third-order valence-electron chi connectivity index (χ3n) is 6.04. The number of hydrogen-bond donors (Lipinski definition) is 1. The van der Waals surface area contributed by atoms with Crippen LogP contribution in [0.25, 0.3) is 0 Å². The number of hydrogen-bond acceptors (Lipinski definition) is 3. The molecule has 1 N–H and O–H groups in total. The minimum absolute atomic E-state index is 0.0639. The molecule has 2 aromatic rings. The Kier molecular flexibility index (Phi) is 8.10. The molecule has 0 saturated carbocycles. The van der Waals surface area contributed by atoms with Crippen molar-refractivity contribution in [2.75, 3.05) is 18.4 Å². The third kappa shape index (κ3) is 5.87. The van der Waals surface area contributed by atoms with E-state index in [0.717, 1.165) is 43.7 Å². The Morgan fingerprint density at radius 1 is 0.968 bits per heavy atom. The number of para-hydroxylation sites is 1. The Bertz CT molecular complexity index is 872. The summed E-state index contributed by atoms with van der Waals surface area (Å²) in [4.78, 5) is 27.4. The number of carbonyl (C=O) groups is 2. The molecular weight excluding hydrogens is 388 g/mol. The molecule has 31 heavy (non-hydrogen) atoms. The number of nitrogens with one attached hydrogen (secondary N) is 1. The molecular formula is C26H34N2O3. The summed E-state index contributed by atoms with van der Waals surface area (Å²) in [6.45, 7) is 7.90. The van der Waals surface area contributed by atoms with Crippen molar-refractivity contribution in [2.45, 2.75) is 64.9 Å². The number of benzene rings is 2. The molecule has 1 fully saturated rings. The summed E-state index contributed by atoms with van der Waals surface area (Å²) in [5.41, 5.74) is 2.44. The fourth-order valence-electron chi connectivity index (χ4n) is 3.89. The van der Waals surface area contributed by atoms with Gasteiger partial charge in [0.1, 0.15) is 5.75 Å². The Morgan fingerprint density at radius 2 is 1.65 bits per heavy atom. The zero-order valence-corrected chi connectivity index (χ0v) is 18.9. The molecule has 2 amide bonds. The fraction of sp³-hybridized carbons (Fsp3) is 0.462. The first-order valence-corrected chi connectivity index (χ1v) is 11.5. The van der Waals surface area contributed by atoms with Crippen LogP contribution in [0.4, 0.5) is 5.69 Å². The molecule has 0 radical (unpaired) electrons. The van der Waals surface area contributed by atoms with Crippen LogP contribution in [0.1, 0.15) is 74.7 Å². The maximum atomic E-state index is 12.9. The van der Waals surface area contributed by atoms with Gasteiger partial charge in [-0.2, -0.15) is 0 Å². The van der Waals surface area contributed by atoms with E-state index < -0.39 is 6.10 Å². The van der Waals surface area contributed by atoms with Crippen LogP contribution >= 0.6 is 0 Å². The molecule has 0 spiro atoms. The number of carbonyl (C=O) groups excluding carboxylic acids is 2. The summed E-state index contributed by atoms with van der Waals surface area (Å²) in [5, 5.41) is 2.93. The van der Waals surface area contributed by atoms with Gasteiger partial charge in [-0.05, 0) is 73.9 Å². The summed E-state index contributed by atoms with van der Waals surface area (Å²) >= 11 is 0. The lowest BCUT2D eigenvalue weighted by atomic mass is 9.98. The first-order valence-electron chi connectivity index (χ1n) is 11.5. The van der Waals surface area contributed by atoms with Crippen LogP contribution in [-0.2, 0) is 4.79 Å². The number of amides is 2. The number of anilines is 1. The number of likely N-dealkylation sites (tertiary alicyclic amines) is 1. The highest BCUT2D eigenvalue weighted by Crippen LogP contribution is 2.29. The second kappa shape index (κ2) is 11.0. The summed E-state index contributed by atoms with van der Waals surface area (Å²) in [5.74, 6) is 1.01. The quantitative estimate of drug-likeness (QED) is 0.600. The molecule has 1 heterocycles. The number of piperidine rings is 1. The third-order valence-corrected chi connectivity index (χ3v) is 6.04. The van der Waals surface area contributed by atoms with Crippen LogP contribution in [-0.4, -0.2) is 35.9 Å². The Morgan fingerprint density at radius 3 is 2.29 bits per heavy atom. The van der Waals surface area contributed by atoms with Gasteiger partial charge in [0, 0.05) is 24.3 Å². The molecule has 0 aromatic heterocycles. The molecule has 1 aliphatic heterocycles. The smallest absolute Gasteiger partial charge is 0.265 e. The normalized spacial score (nSPS) is 15.8. The van der Waals surface area contributed by atoms with E-state index in [9.17, 15) is 9.59 Å². The number of rotatable bonds is 8. The minimum Gasteiger partial charge on any atom is -0.480 e. The van der Waals surface area contributed by atoms with Crippen molar-refractivity contribution < 1.29 is 14.3 Å². The predicted molar refractivity (Wildman–Crippen MR) is 125 cm³/mol. The standard InChI is InChI=1S/C26H34N2O3/c1-4-19(3)22-11-7-8-12-24(22)31-23(5-2)25(29)27-21-15-13-20(14-16-21)26(30)28-17-9-6-10-18-28/h7-8,11-16,19,23H,4-6,9-10,17-18H2,1-3H3,(H,27,29). The molecule has 2 aromatic carbocycles. The van der Waals surface area contributed by atoms with E-state index in [-0.39, 0.29) is 11.8 Å². The SMILES string of the molecule is CCC(Oc1ccccc1C(C)CC)C(=O)Nc1ccc(C(=O)N2CCCCC2)cc1. The van der Waals surface area contributed by atoms with Gasteiger partial charge >= 0.3 is 0 Å². The lowest BCUT2D eigenvalue weighted by Crippen LogP contribution is -2.35. The van der Waals surface area contributed by atoms with Crippen molar-refractivity contribution in [2.24, 2.45) is 0 Å². The molecule has 166 valence electrons. The first kappa shape index (κ1) is 22.9. The van der Waals surface area contributed by atoms with Gasteiger partial charge in [0.05, 0.1) is 0 Å². The molecule has 1 saturated heterocycles. The highest BCUT2D eigenvalue weighted by atomic mass is 16.5. The second-order valence-electron chi connectivity index (χ2n) is 8.28. The van der Waals surface area contributed by atoms with Crippen LogP contribution in [0.2, 0.25) is 0 Å². The molecule has 2 atom stereocenters. The van der Waals surface area contributed by atoms with Gasteiger partial charge < -0.3 is 15.0 Å². The van der Waals surface area contributed by atoms with Crippen LogP contribution in [0.3, 0.4) is 0 Å². The Hall–Kier alpha value is -2.82. The van der Waals surface area contributed by atoms with Gasteiger partial charge in [-0.25, -0.2) is 0 Å². The minimum atomic E-state index is -0.583. The second-order valence-corrected chi connectivity index (χ2v) is 8.28. The van der Waals surface area contributed by atoms with Crippen molar-refractivity contribution in [3.8, 4) is 5.75 Å². The van der Waals surface area contributed by atoms with E-state index in [4.69, 9.17) is 4.74 Å². The molecule has 1 aliphatic rings. The zero-order valence-electron chi connectivity index (χ0n) is 18.9. The monoisotopic (exact) mass is 422 g/mol. The van der Waals surface area contributed by atoms with E-state index in [1.165, 1.54) is 6.42 Å². The first-order chi connectivity index (χ1) is 15.0. The summed E-state index contributed by atoms with van der Waals surface area (Å²) < 4.78 is 6.12. The summed E-state index contributed by atoms with van der Waals surface area (Å²) in [6.07, 6.45) is 4.31. The van der Waals surface area contributed by atoms with Gasteiger partial charge in [-0.3, -0.25) is 9.59 Å². The van der Waals surface area contributed by atoms with Crippen molar-refractivity contribution in [1.29, 1.82) is 0 Å². The lowest BCUT2D eigenvalue weighted by Gasteiger charge is -2.26. The number of nitrogens with zero attached hydrogens (tertiary/aromatic N) is 1. The van der Waals surface area contributed by atoms with Gasteiger partial charge in [-0.15, -0.1) is 0 Å². The van der Waals surface area contributed by atoms with Crippen LogP contribution < -0.4 is 10.1 Å². The molecule has 5 nitrogen and oxygen atoms in total. The van der Waals surface area contributed by atoms with Crippen molar-refractivity contribution >= 4 is 17.5 Å². The van der Waals surface area contributed by atoms with Gasteiger partial charge in [-0.1, -0.05) is 39.0 Å². The van der Waals surface area contributed by atoms with Crippen molar-refractivity contribution in [3.63, 3.8) is 0 Å². The fourth-order valence-corrected chi connectivity index (χ4v) is 3.89. The molecule has 5 heteroatoms. The van der Waals surface area contributed by atoms with Crippen molar-refractivity contribution in [3.05, 3.63) is 59.7 Å². The highest BCUT2D eigenvalue weighted by molar-refractivity contribution is 5.97. The predicted octanol–water partition coefficient (Wildman–Crippen LogP) is 5.62. The Labute approximate surface area is 185 Å². The van der Waals surface area contributed by atoms with Gasteiger partial charge in [0.15, 0.2) is 6.10 Å². The van der Waals surface area contributed by atoms with Crippen molar-refractivity contribution in [1.82, 2.24) is 4.90 Å². The molecule has 2 unspecified atom stereocenters. The zero-order chi connectivity index (χ0) is 22.2. The average molecular weight is 423 g/mol. The van der Waals surface area contributed by atoms with Gasteiger partial charge in [0.2, 0.25) is 0 Å². The van der Waals surface area contributed by atoms with Gasteiger partial charge in [0.25, 0.3) is 11.8 Å². The largest absolute Gasteiger partial charge is 0.480 e. The van der Waals surface area contributed by atoms with Crippen LogP contribution in [0, 0.1) is 0 Å². The van der Waals surface area contributed by atoms with Crippen LogP contribution in [0.5, 0.6) is 5.75 Å². The van der Waals surface area contributed by atoms with E-state index in [1.807, 2.05) is 30.0 Å². The summed E-state index contributed by atoms with van der Waals surface area (Å²) in [7, 11) is 0. The van der Waals surface area contributed by atoms with E-state index in [2.05, 4.69) is 25.2 Å². The van der Waals surface area contributed by atoms with E-state index in [1.54, 1.807) is 24.3 Å².